The Morgan fingerprint density at radius 1 is 0.800 bits per heavy atom. The first-order chi connectivity index (χ1) is 19.4. The van der Waals surface area contributed by atoms with Gasteiger partial charge in [0, 0.05) is 5.69 Å². The molecule has 0 spiro atoms. The number of carboxylic acid groups (broad SMARTS) is 1. The van der Waals surface area contributed by atoms with E-state index < -0.39 is 11.9 Å². The Bertz CT molecular complexity index is 981. The van der Waals surface area contributed by atoms with Crippen LogP contribution in [-0.4, -0.2) is 26.0 Å². The van der Waals surface area contributed by atoms with Crippen LogP contribution in [0.4, 0.5) is 11.6 Å². The smallest absolute Gasteiger partial charge is 0.306 e. The highest BCUT2D eigenvalue weighted by atomic mass is 16.4. The molecule has 1 aromatic carbocycles. The maximum absolute atomic E-state index is 12.1. The van der Waals surface area contributed by atoms with Crippen LogP contribution in [0.15, 0.2) is 24.8 Å². The molecule has 2 rings (SSSR count). The molecule has 224 valence electrons. The average Bonchev–Trinajstić information content (AvgIpc) is 2.96. The summed E-state index contributed by atoms with van der Waals surface area (Å²) >= 11 is 0. The van der Waals surface area contributed by atoms with Crippen LogP contribution in [0.2, 0.25) is 0 Å². The van der Waals surface area contributed by atoms with Gasteiger partial charge in [-0.25, -0.2) is 15.0 Å². The van der Waals surface area contributed by atoms with Crippen LogP contribution in [0.3, 0.4) is 0 Å². The van der Waals surface area contributed by atoms with Crippen LogP contribution in [-0.2, 0) is 24.1 Å². The summed E-state index contributed by atoms with van der Waals surface area (Å²) in [7, 11) is 0. The molecule has 0 saturated carbocycles. The molecule has 6 nitrogen and oxygen atoms in total. The van der Waals surface area contributed by atoms with Gasteiger partial charge in [-0.05, 0) is 60.1 Å². The molecule has 0 aliphatic carbocycles. The van der Waals surface area contributed by atoms with Crippen molar-refractivity contribution in [2.75, 3.05) is 5.32 Å². The number of hydrogen-bond acceptors (Lipinski definition) is 5. The molecule has 0 fully saturated rings. The van der Waals surface area contributed by atoms with E-state index in [1.807, 2.05) is 6.92 Å². The third kappa shape index (κ3) is 11.2. The lowest BCUT2D eigenvalue weighted by atomic mass is 9.81. The first-order valence-electron chi connectivity index (χ1n) is 16.1. The summed E-state index contributed by atoms with van der Waals surface area (Å²) in [6, 6.07) is 4.79. The van der Waals surface area contributed by atoms with Gasteiger partial charge in [-0.2, -0.15) is 0 Å². The van der Waals surface area contributed by atoms with E-state index in [9.17, 15) is 9.90 Å². The molecule has 0 radical (unpaired) electrons. The normalized spacial score (nSPS) is 14.4. The number of anilines is 2. The first kappa shape index (κ1) is 33.7. The van der Waals surface area contributed by atoms with Gasteiger partial charge < -0.3 is 10.4 Å². The lowest BCUT2D eigenvalue weighted by Gasteiger charge is -2.26. The molecule has 1 aromatic heterocycles. The van der Waals surface area contributed by atoms with Crippen LogP contribution in [0, 0.1) is 23.7 Å². The Morgan fingerprint density at radius 2 is 1.32 bits per heavy atom. The van der Waals surface area contributed by atoms with Gasteiger partial charge in [0.05, 0.1) is 5.92 Å². The lowest BCUT2D eigenvalue weighted by molar-refractivity contribution is -0.143. The van der Waals surface area contributed by atoms with E-state index in [1.165, 1.54) is 74.3 Å². The predicted molar refractivity (Wildman–Crippen MR) is 167 cm³/mol. The van der Waals surface area contributed by atoms with Gasteiger partial charge in [-0.1, -0.05) is 118 Å². The molecule has 4 unspecified atom stereocenters. The zero-order chi connectivity index (χ0) is 29.3. The number of unbranched alkanes of at least 4 members (excludes halogenated alkanes) is 3. The number of aromatic nitrogens is 3. The van der Waals surface area contributed by atoms with Crippen molar-refractivity contribution in [3.63, 3.8) is 0 Å². The van der Waals surface area contributed by atoms with Crippen LogP contribution >= 0.6 is 0 Å². The molecule has 0 saturated heterocycles. The van der Waals surface area contributed by atoms with Crippen molar-refractivity contribution < 1.29 is 9.90 Å². The SMILES string of the molecule is CCCCC(CC)Cc1cc(CC(CC)CCCC)c(Nc2ncncn2)c(CC(CCCC)C(C)C(=O)O)c1. The molecule has 2 aromatic rings. The summed E-state index contributed by atoms with van der Waals surface area (Å²) in [5.74, 6) is 0.781. The van der Waals surface area contributed by atoms with Gasteiger partial charge in [-0.3, -0.25) is 4.79 Å². The standard InChI is InChI=1S/C34H56N4O2/c1-7-12-15-26(10-4)18-28-20-30(19-27(11-5)16-13-8-2)32(38-34-36-23-35-24-37-34)31(21-28)22-29(17-14-9-3)25(6)33(39)40/h20-21,23-27,29H,7-19,22H2,1-6H3,(H,39,40)(H,35,36,37,38). The fourth-order valence-electron chi connectivity index (χ4n) is 5.87. The Kier molecular flexibility index (Phi) is 15.8. The summed E-state index contributed by atoms with van der Waals surface area (Å²) < 4.78 is 0. The number of carboxylic acids is 1. The minimum atomic E-state index is -0.708. The van der Waals surface area contributed by atoms with E-state index in [1.54, 1.807) is 0 Å². The number of nitrogens with zero attached hydrogens (tertiary/aromatic N) is 3. The number of aliphatic carboxylic acids is 1. The molecule has 2 N–H and O–H groups in total. The highest BCUT2D eigenvalue weighted by molar-refractivity contribution is 5.70. The molecule has 0 aliphatic rings. The first-order valence-corrected chi connectivity index (χ1v) is 16.1. The van der Waals surface area contributed by atoms with Crippen molar-refractivity contribution in [1.29, 1.82) is 0 Å². The fraction of sp³-hybridized carbons (Fsp3) is 0.706. The number of rotatable bonds is 21. The lowest BCUT2D eigenvalue weighted by Crippen LogP contribution is -2.23. The second-order valence-corrected chi connectivity index (χ2v) is 11.9. The summed E-state index contributed by atoms with van der Waals surface area (Å²) in [6.45, 7) is 13.2. The summed E-state index contributed by atoms with van der Waals surface area (Å²) in [6.07, 6.45) is 18.6. The van der Waals surface area contributed by atoms with Crippen molar-refractivity contribution in [3.05, 3.63) is 41.5 Å². The highest BCUT2D eigenvalue weighted by Crippen LogP contribution is 2.35. The maximum Gasteiger partial charge on any atom is 0.306 e. The Balaban J connectivity index is 2.64. The van der Waals surface area contributed by atoms with Crippen LogP contribution in [0.25, 0.3) is 0 Å². The third-order valence-corrected chi connectivity index (χ3v) is 8.72. The number of hydrogen-bond donors (Lipinski definition) is 2. The van der Waals surface area contributed by atoms with E-state index in [0.717, 1.165) is 50.6 Å². The Hall–Kier alpha value is -2.50. The molecular weight excluding hydrogens is 496 g/mol. The molecule has 0 amide bonds. The van der Waals surface area contributed by atoms with Crippen molar-refractivity contribution >= 4 is 17.6 Å². The van der Waals surface area contributed by atoms with Crippen LogP contribution in [0.5, 0.6) is 0 Å². The van der Waals surface area contributed by atoms with E-state index in [4.69, 9.17) is 0 Å². The molecule has 0 aliphatic heterocycles. The Morgan fingerprint density at radius 3 is 1.85 bits per heavy atom. The van der Waals surface area contributed by atoms with E-state index in [-0.39, 0.29) is 5.92 Å². The van der Waals surface area contributed by atoms with Gasteiger partial charge in [0.15, 0.2) is 0 Å². The predicted octanol–water partition coefficient (Wildman–Crippen LogP) is 9.20. The van der Waals surface area contributed by atoms with E-state index >= 15 is 0 Å². The highest BCUT2D eigenvalue weighted by Gasteiger charge is 2.26. The molecular formula is C34H56N4O2. The summed E-state index contributed by atoms with van der Waals surface area (Å²) in [5.41, 5.74) is 4.98. The van der Waals surface area contributed by atoms with Crippen molar-refractivity contribution in [3.8, 4) is 0 Å². The van der Waals surface area contributed by atoms with Gasteiger partial charge in [0.1, 0.15) is 12.7 Å². The molecule has 1 heterocycles. The topological polar surface area (TPSA) is 88.0 Å². The van der Waals surface area contributed by atoms with Crippen molar-refractivity contribution in [1.82, 2.24) is 15.0 Å². The second-order valence-electron chi connectivity index (χ2n) is 11.9. The van der Waals surface area contributed by atoms with Gasteiger partial charge in [0.25, 0.3) is 0 Å². The maximum atomic E-state index is 12.1. The quantitative estimate of drug-likeness (QED) is 0.160. The van der Waals surface area contributed by atoms with Gasteiger partial charge >= 0.3 is 5.97 Å². The summed E-state index contributed by atoms with van der Waals surface area (Å²) in [4.78, 5) is 24.9. The number of nitrogens with one attached hydrogen (secondary N) is 1. The zero-order valence-corrected chi connectivity index (χ0v) is 26.2. The van der Waals surface area contributed by atoms with Crippen molar-refractivity contribution in [2.24, 2.45) is 23.7 Å². The fourth-order valence-corrected chi connectivity index (χ4v) is 5.87. The van der Waals surface area contributed by atoms with Crippen molar-refractivity contribution in [2.45, 2.75) is 131 Å². The largest absolute Gasteiger partial charge is 0.481 e. The molecule has 40 heavy (non-hydrogen) atoms. The zero-order valence-electron chi connectivity index (χ0n) is 26.2. The number of benzene rings is 1. The Labute approximate surface area is 244 Å². The third-order valence-electron chi connectivity index (χ3n) is 8.72. The van der Waals surface area contributed by atoms with Crippen LogP contribution in [0.1, 0.15) is 129 Å². The minimum absolute atomic E-state index is 0.0728. The molecule has 4 atom stereocenters. The average molecular weight is 553 g/mol. The summed E-state index contributed by atoms with van der Waals surface area (Å²) in [5, 5.41) is 13.5. The second kappa shape index (κ2) is 18.8. The van der Waals surface area contributed by atoms with E-state index in [0.29, 0.717) is 17.8 Å². The minimum Gasteiger partial charge on any atom is -0.481 e. The van der Waals surface area contributed by atoms with Gasteiger partial charge in [-0.15, -0.1) is 0 Å². The van der Waals surface area contributed by atoms with E-state index in [2.05, 4.69) is 67.0 Å². The van der Waals surface area contributed by atoms with Crippen LogP contribution < -0.4 is 5.32 Å². The monoisotopic (exact) mass is 552 g/mol. The molecule has 6 heteroatoms. The van der Waals surface area contributed by atoms with Gasteiger partial charge in [0.2, 0.25) is 5.95 Å². The molecule has 0 bridgehead atoms. The number of carbonyl (C=O) groups is 1.